The van der Waals surface area contributed by atoms with Crippen LogP contribution in [0.3, 0.4) is 0 Å². The molecule has 5 rings (SSSR count). The van der Waals surface area contributed by atoms with Gasteiger partial charge in [0.2, 0.25) is 0 Å². The molecule has 2 amide bonds. The molecule has 0 aliphatic carbocycles. The lowest BCUT2D eigenvalue weighted by Crippen LogP contribution is -3.28. The fourth-order valence-corrected chi connectivity index (χ4v) is 5.50. The van der Waals surface area contributed by atoms with E-state index in [4.69, 9.17) is 4.74 Å². The maximum atomic E-state index is 13.1. The summed E-state index contributed by atoms with van der Waals surface area (Å²) < 4.78 is 5.85. The van der Waals surface area contributed by atoms with Gasteiger partial charge in [-0.3, -0.25) is 14.5 Å². The number of carbonyl (C=O) groups excluding carboxylic acids is 2. The predicted molar refractivity (Wildman–Crippen MR) is 138 cm³/mol. The lowest BCUT2D eigenvalue weighted by atomic mass is 9.94. The number of ether oxygens (including phenoxy) is 1. The summed E-state index contributed by atoms with van der Waals surface area (Å²) in [5.74, 6) is 0.435. The smallest absolute Gasteiger partial charge is 0.261 e. The first-order valence-electron chi connectivity index (χ1n) is 12.8. The summed E-state index contributed by atoms with van der Waals surface area (Å²) in [6, 6.07) is 17.3. The van der Waals surface area contributed by atoms with Crippen molar-refractivity contribution >= 4 is 22.6 Å². The lowest BCUT2D eigenvalue weighted by Gasteiger charge is -2.32. The Bertz CT molecular complexity index is 1230. The van der Waals surface area contributed by atoms with Crippen LogP contribution in [0, 0.1) is 13.8 Å². The zero-order valence-corrected chi connectivity index (χ0v) is 21.0. The second-order valence-corrected chi connectivity index (χ2v) is 10.2. The Morgan fingerprint density at radius 1 is 0.917 bits per heavy atom. The number of benzene rings is 3. The molecule has 36 heavy (non-hydrogen) atoms. The largest absolute Gasteiger partial charge is 0.490 e. The minimum Gasteiger partial charge on any atom is -0.490 e. The van der Waals surface area contributed by atoms with E-state index in [9.17, 15) is 14.7 Å². The number of piperazine rings is 1. The first kappa shape index (κ1) is 24.4. The molecule has 3 aromatic carbocycles. The zero-order chi connectivity index (χ0) is 25.2. The summed E-state index contributed by atoms with van der Waals surface area (Å²) in [5, 5.41) is 12.2. The van der Waals surface area contributed by atoms with E-state index in [0.717, 1.165) is 54.8 Å². The molecule has 0 unspecified atom stereocenters. The van der Waals surface area contributed by atoms with Gasteiger partial charge < -0.3 is 19.6 Å². The highest BCUT2D eigenvalue weighted by Gasteiger charge is 2.34. The molecule has 2 aliphatic heterocycles. The highest BCUT2D eigenvalue weighted by molar-refractivity contribution is 6.25. The quantitative estimate of drug-likeness (QED) is 0.398. The second-order valence-electron chi connectivity index (χ2n) is 10.2. The van der Waals surface area contributed by atoms with E-state index in [-0.39, 0.29) is 18.4 Å². The Hall–Kier alpha value is -3.26. The molecule has 3 N–H and O–H groups in total. The number of rotatable bonds is 8. The van der Waals surface area contributed by atoms with Crippen LogP contribution < -0.4 is 14.5 Å². The molecule has 2 heterocycles. The molecule has 7 nitrogen and oxygen atoms in total. The third-order valence-electron chi connectivity index (χ3n) is 7.49. The lowest BCUT2D eigenvalue weighted by molar-refractivity contribution is -1.01. The molecule has 1 fully saturated rings. The third kappa shape index (κ3) is 5.00. The van der Waals surface area contributed by atoms with Gasteiger partial charge >= 0.3 is 0 Å². The highest BCUT2D eigenvalue weighted by atomic mass is 16.5. The molecule has 0 radical (unpaired) electrons. The summed E-state index contributed by atoms with van der Waals surface area (Å²) in [7, 11) is 0. The van der Waals surface area contributed by atoms with Crippen molar-refractivity contribution in [3.8, 4) is 5.75 Å². The number of nitrogens with zero attached hydrogens (tertiary/aromatic N) is 1. The number of nitrogens with one attached hydrogen (secondary N) is 2. The van der Waals surface area contributed by atoms with Crippen LogP contribution in [-0.4, -0.2) is 80.3 Å². The van der Waals surface area contributed by atoms with E-state index in [1.807, 2.05) is 55.5 Å². The Kier molecular flexibility index (Phi) is 7.05. The first-order chi connectivity index (χ1) is 17.4. The Morgan fingerprint density at radius 3 is 2.19 bits per heavy atom. The average molecular weight is 490 g/mol. The van der Waals surface area contributed by atoms with Crippen molar-refractivity contribution in [2.45, 2.75) is 20.0 Å². The van der Waals surface area contributed by atoms with Crippen molar-refractivity contribution in [3.05, 3.63) is 76.9 Å². The molecule has 7 heteroatoms. The van der Waals surface area contributed by atoms with Crippen molar-refractivity contribution in [1.82, 2.24) is 4.90 Å². The maximum Gasteiger partial charge on any atom is 0.261 e. The summed E-state index contributed by atoms with van der Waals surface area (Å²) >= 11 is 0. The summed E-state index contributed by atoms with van der Waals surface area (Å²) in [6.07, 6.45) is -0.520. The van der Waals surface area contributed by atoms with Crippen LogP contribution in [0.15, 0.2) is 54.6 Å². The molecule has 0 bridgehead atoms. The van der Waals surface area contributed by atoms with Gasteiger partial charge in [-0.2, -0.15) is 0 Å². The number of hydrogen-bond acceptors (Lipinski definition) is 4. The van der Waals surface area contributed by atoms with Crippen LogP contribution in [0.4, 0.5) is 0 Å². The van der Waals surface area contributed by atoms with Gasteiger partial charge in [-0.25, -0.2) is 0 Å². The van der Waals surface area contributed by atoms with Gasteiger partial charge in [0.15, 0.2) is 0 Å². The van der Waals surface area contributed by atoms with Crippen LogP contribution in [0.2, 0.25) is 0 Å². The van der Waals surface area contributed by atoms with Crippen LogP contribution in [0.5, 0.6) is 5.75 Å². The second kappa shape index (κ2) is 10.4. The number of hydrogen-bond donors (Lipinski definition) is 3. The molecule has 3 aromatic rings. The van der Waals surface area contributed by atoms with Crippen molar-refractivity contribution in [2.75, 3.05) is 52.4 Å². The monoisotopic (exact) mass is 489 g/mol. The summed E-state index contributed by atoms with van der Waals surface area (Å²) in [6.45, 7) is 9.95. The Labute approximate surface area is 211 Å². The standard InChI is InChI=1S/C29H33N3O4/c1-20-9-10-26(21(2)17-20)36-19-23(33)18-31-13-11-30(12-14-31)15-16-32-28(34)24-7-3-5-22-6-4-8-25(27(22)24)29(32)35/h3-10,17,23,33H,11-16,18-19H2,1-2H3/p+2/t23-/m1/s1. The van der Waals surface area contributed by atoms with Gasteiger partial charge in [0, 0.05) is 16.5 Å². The normalized spacial score (nSPS) is 20.6. The number of imide groups is 1. The van der Waals surface area contributed by atoms with Gasteiger partial charge in [-0.05, 0) is 43.0 Å². The zero-order valence-electron chi connectivity index (χ0n) is 21.0. The van der Waals surface area contributed by atoms with Crippen LogP contribution in [-0.2, 0) is 0 Å². The molecule has 0 aromatic heterocycles. The number of aliphatic hydroxyl groups excluding tert-OH is 1. The topological polar surface area (TPSA) is 75.7 Å². The van der Waals surface area contributed by atoms with Crippen molar-refractivity contribution in [2.24, 2.45) is 0 Å². The minimum absolute atomic E-state index is 0.195. The molecule has 188 valence electrons. The van der Waals surface area contributed by atoms with Gasteiger partial charge in [-0.15, -0.1) is 0 Å². The maximum absolute atomic E-state index is 13.1. The molecule has 1 atom stereocenters. The summed E-state index contributed by atoms with van der Waals surface area (Å²) in [4.78, 5) is 30.4. The Morgan fingerprint density at radius 2 is 1.56 bits per heavy atom. The van der Waals surface area contributed by atoms with E-state index in [2.05, 4.69) is 13.0 Å². The van der Waals surface area contributed by atoms with Gasteiger partial charge in [-0.1, -0.05) is 42.0 Å². The average Bonchev–Trinajstić information content (AvgIpc) is 2.87. The molecule has 1 saturated heterocycles. The highest BCUT2D eigenvalue weighted by Crippen LogP contribution is 2.29. The Balaban J connectivity index is 1.10. The SMILES string of the molecule is Cc1ccc(OC[C@H](O)C[NH+]2CC[NH+](CCN3C(=O)c4cccc5cccc(c45)C3=O)CC2)c(C)c1. The van der Waals surface area contributed by atoms with E-state index in [0.29, 0.717) is 24.2 Å². The summed E-state index contributed by atoms with van der Waals surface area (Å²) in [5.41, 5.74) is 3.51. The number of aliphatic hydroxyl groups is 1. The van der Waals surface area contributed by atoms with E-state index >= 15 is 0 Å². The molecular formula is C29H35N3O4+2. The van der Waals surface area contributed by atoms with E-state index in [1.54, 1.807) is 0 Å². The van der Waals surface area contributed by atoms with Gasteiger partial charge in [0.25, 0.3) is 11.8 Å². The van der Waals surface area contributed by atoms with Crippen LogP contribution in [0.25, 0.3) is 10.8 Å². The van der Waals surface area contributed by atoms with Crippen molar-refractivity contribution in [1.29, 1.82) is 0 Å². The number of quaternary nitrogens is 2. The molecule has 0 saturated carbocycles. The fourth-order valence-electron chi connectivity index (χ4n) is 5.50. The van der Waals surface area contributed by atoms with Crippen molar-refractivity contribution in [3.63, 3.8) is 0 Å². The van der Waals surface area contributed by atoms with Gasteiger partial charge in [0.1, 0.15) is 51.2 Å². The molecule has 0 spiro atoms. The number of amides is 2. The van der Waals surface area contributed by atoms with E-state index in [1.165, 1.54) is 20.3 Å². The van der Waals surface area contributed by atoms with Crippen LogP contribution in [0.1, 0.15) is 31.8 Å². The molecule has 2 aliphatic rings. The number of aryl methyl sites for hydroxylation is 2. The number of carbonyl (C=O) groups is 2. The third-order valence-corrected chi connectivity index (χ3v) is 7.49. The van der Waals surface area contributed by atoms with Gasteiger partial charge in [0.05, 0.1) is 13.1 Å². The van der Waals surface area contributed by atoms with E-state index < -0.39 is 6.10 Å². The predicted octanol–water partition coefficient (Wildman–Crippen LogP) is 0.276. The van der Waals surface area contributed by atoms with Crippen LogP contribution >= 0.6 is 0 Å². The minimum atomic E-state index is -0.520. The first-order valence-corrected chi connectivity index (χ1v) is 12.8. The fraction of sp³-hybridized carbons (Fsp3) is 0.379. The van der Waals surface area contributed by atoms with Crippen molar-refractivity contribution < 1.29 is 29.2 Å². The molecular weight excluding hydrogens is 454 g/mol.